The van der Waals surface area contributed by atoms with Crippen molar-refractivity contribution in [2.24, 2.45) is 5.92 Å². The number of urea groups is 1. The van der Waals surface area contributed by atoms with E-state index in [1.807, 2.05) is 19.1 Å². The second kappa shape index (κ2) is 6.61. The highest BCUT2D eigenvalue weighted by Crippen LogP contribution is 2.21. The van der Waals surface area contributed by atoms with Crippen LogP contribution in [0, 0.1) is 12.8 Å². The van der Waals surface area contributed by atoms with Crippen molar-refractivity contribution in [3.05, 3.63) is 29.8 Å². The first-order chi connectivity index (χ1) is 9.97. The van der Waals surface area contributed by atoms with E-state index in [2.05, 4.69) is 6.92 Å². The van der Waals surface area contributed by atoms with E-state index in [9.17, 15) is 9.59 Å². The Kier molecular flexibility index (Phi) is 4.83. The molecule has 1 heterocycles. The number of carboxylic acid groups (broad SMARTS) is 1. The molecule has 0 aliphatic carbocycles. The van der Waals surface area contributed by atoms with Gasteiger partial charge in [0.05, 0.1) is 0 Å². The molecule has 1 aliphatic rings. The topological polar surface area (TPSA) is 60.9 Å². The molecule has 1 aromatic rings. The minimum absolute atomic E-state index is 0.215. The first-order valence-electron chi connectivity index (χ1n) is 7.32. The van der Waals surface area contributed by atoms with E-state index in [0.717, 1.165) is 18.4 Å². The molecule has 1 fully saturated rings. The van der Waals surface area contributed by atoms with Crippen LogP contribution in [0.1, 0.15) is 25.3 Å². The summed E-state index contributed by atoms with van der Waals surface area (Å²) in [4.78, 5) is 26.9. The summed E-state index contributed by atoms with van der Waals surface area (Å²) in [7, 11) is 0. The molecule has 1 atom stereocenters. The van der Waals surface area contributed by atoms with Gasteiger partial charge in [0.15, 0.2) is 0 Å². The van der Waals surface area contributed by atoms with Crippen LogP contribution in [0.2, 0.25) is 0 Å². The third-order valence-electron chi connectivity index (χ3n) is 3.80. The predicted molar refractivity (Wildman–Crippen MR) is 81.5 cm³/mol. The second-order valence-electron chi connectivity index (χ2n) is 5.79. The lowest BCUT2D eigenvalue weighted by atomic mass is 10.0. The van der Waals surface area contributed by atoms with Crippen molar-refractivity contribution < 1.29 is 14.7 Å². The molecule has 0 bridgehead atoms. The molecule has 1 aliphatic heterocycles. The number of nitrogens with zero attached hydrogens (tertiary/aromatic N) is 2. The summed E-state index contributed by atoms with van der Waals surface area (Å²) in [5.41, 5.74) is 1.71. The number of aliphatic carboxylic acids is 1. The molecule has 0 saturated carbocycles. The van der Waals surface area contributed by atoms with E-state index in [1.54, 1.807) is 17.0 Å². The molecule has 1 N–H and O–H groups in total. The van der Waals surface area contributed by atoms with Gasteiger partial charge in [0.25, 0.3) is 0 Å². The van der Waals surface area contributed by atoms with E-state index in [1.165, 1.54) is 4.90 Å². The Bertz CT molecular complexity index is 513. The van der Waals surface area contributed by atoms with E-state index in [4.69, 9.17) is 5.11 Å². The minimum atomic E-state index is -1.01. The van der Waals surface area contributed by atoms with E-state index in [0.29, 0.717) is 24.7 Å². The zero-order valence-corrected chi connectivity index (χ0v) is 12.6. The number of rotatable bonds is 3. The van der Waals surface area contributed by atoms with Gasteiger partial charge in [0.1, 0.15) is 6.54 Å². The van der Waals surface area contributed by atoms with Crippen LogP contribution in [0.25, 0.3) is 0 Å². The van der Waals surface area contributed by atoms with Gasteiger partial charge in [-0.1, -0.05) is 24.6 Å². The lowest BCUT2D eigenvalue weighted by Gasteiger charge is -2.35. The molecule has 0 aromatic heterocycles. The van der Waals surface area contributed by atoms with Gasteiger partial charge in [-0.15, -0.1) is 0 Å². The summed E-state index contributed by atoms with van der Waals surface area (Å²) < 4.78 is 0. The number of hydrogen-bond acceptors (Lipinski definition) is 2. The van der Waals surface area contributed by atoms with Crippen LogP contribution >= 0.6 is 0 Å². The van der Waals surface area contributed by atoms with Gasteiger partial charge in [0.2, 0.25) is 0 Å². The molecule has 5 nitrogen and oxygen atoms in total. The van der Waals surface area contributed by atoms with Crippen LogP contribution in [-0.4, -0.2) is 41.6 Å². The molecule has 0 radical (unpaired) electrons. The molecular formula is C16H22N2O3. The molecule has 1 unspecified atom stereocenters. The van der Waals surface area contributed by atoms with Crippen LogP contribution in [0.3, 0.4) is 0 Å². The summed E-state index contributed by atoms with van der Waals surface area (Å²) in [5.74, 6) is -0.540. The third-order valence-corrected chi connectivity index (χ3v) is 3.80. The molecule has 1 saturated heterocycles. The van der Waals surface area contributed by atoms with Crippen molar-refractivity contribution in [2.75, 3.05) is 24.5 Å². The number of carbonyl (C=O) groups excluding carboxylic acids is 1. The SMILES string of the molecule is Cc1ccc(N(CC(=O)O)C(=O)N2CCCC(C)C2)cc1. The van der Waals surface area contributed by atoms with Gasteiger partial charge in [-0.05, 0) is 37.8 Å². The molecule has 2 rings (SSSR count). The number of aryl methyl sites for hydroxylation is 1. The summed E-state index contributed by atoms with van der Waals surface area (Å²) in [6, 6.07) is 7.15. The highest BCUT2D eigenvalue weighted by atomic mass is 16.4. The van der Waals surface area contributed by atoms with Gasteiger partial charge in [-0.25, -0.2) is 4.79 Å². The van der Waals surface area contributed by atoms with Crippen molar-refractivity contribution in [1.82, 2.24) is 4.90 Å². The van der Waals surface area contributed by atoms with E-state index >= 15 is 0 Å². The molecule has 1 aromatic carbocycles. The smallest absolute Gasteiger partial charge is 0.325 e. The Morgan fingerprint density at radius 3 is 2.57 bits per heavy atom. The van der Waals surface area contributed by atoms with Gasteiger partial charge >= 0.3 is 12.0 Å². The monoisotopic (exact) mass is 290 g/mol. The Labute approximate surface area is 125 Å². The average molecular weight is 290 g/mol. The highest BCUT2D eigenvalue weighted by molar-refractivity contribution is 5.96. The van der Waals surface area contributed by atoms with Gasteiger partial charge in [0, 0.05) is 18.8 Å². The molecule has 114 valence electrons. The zero-order valence-electron chi connectivity index (χ0n) is 12.6. The van der Waals surface area contributed by atoms with Gasteiger partial charge in [-0.2, -0.15) is 0 Å². The summed E-state index contributed by atoms with van der Waals surface area (Å²) in [6.45, 7) is 5.16. The third kappa shape index (κ3) is 3.97. The summed E-state index contributed by atoms with van der Waals surface area (Å²) in [6.07, 6.45) is 2.09. The number of hydrogen-bond donors (Lipinski definition) is 1. The molecular weight excluding hydrogens is 268 g/mol. The van der Waals surface area contributed by atoms with Crippen LogP contribution in [0.15, 0.2) is 24.3 Å². The van der Waals surface area contributed by atoms with Crippen molar-refractivity contribution in [1.29, 1.82) is 0 Å². The van der Waals surface area contributed by atoms with Crippen LogP contribution in [0.4, 0.5) is 10.5 Å². The Morgan fingerprint density at radius 2 is 2.00 bits per heavy atom. The lowest BCUT2D eigenvalue weighted by molar-refractivity contribution is -0.135. The average Bonchev–Trinajstić information content (AvgIpc) is 2.45. The molecule has 5 heteroatoms. The Hall–Kier alpha value is -2.04. The molecule has 21 heavy (non-hydrogen) atoms. The van der Waals surface area contributed by atoms with E-state index < -0.39 is 5.97 Å². The highest BCUT2D eigenvalue weighted by Gasteiger charge is 2.27. The maximum atomic E-state index is 12.7. The normalized spacial score (nSPS) is 18.4. The fourth-order valence-electron chi connectivity index (χ4n) is 2.66. The van der Waals surface area contributed by atoms with Crippen LogP contribution in [-0.2, 0) is 4.79 Å². The standard InChI is InChI=1S/C16H22N2O3/c1-12-5-7-14(8-6-12)18(11-15(19)20)16(21)17-9-3-4-13(2)10-17/h5-8,13H,3-4,9-11H2,1-2H3,(H,19,20). The van der Waals surface area contributed by atoms with Crippen molar-refractivity contribution >= 4 is 17.7 Å². The summed E-state index contributed by atoms with van der Waals surface area (Å²) >= 11 is 0. The number of benzene rings is 1. The largest absolute Gasteiger partial charge is 0.480 e. The predicted octanol–water partition coefficient (Wildman–Crippen LogP) is 2.74. The fourth-order valence-corrected chi connectivity index (χ4v) is 2.66. The second-order valence-corrected chi connectivity index (χ2v) is 5.79. The van der Waals surface area contributed by atoms with Crippen LogP contribution < -0.4 is 4.90 Å². The minimum Gasteiger partial charge on any atom is -0.480 e. The summed E-state index contributed by atoms with van der Waals surface area (Å²) in [5, 5.41) is 9.09. The maximum Gasteiger partial charge on any atom is 0.325 e. The maximum absolute atomic E-state index is 12.7. The number of carboxylic acids is 1. The quantitative estimate of drug-likeness (QED) is 0.931. The Balaban J connectivity index is 2.20. The van der Waals surface area contributed by atoms with Crippen molar-refractivity contribution in [3.63, 3.8) is 0 Å². The zero-order chi connectivity index (χ0) is 15.4. The number of amides is 2. The number of piperidine rings is 1. The van der Waals surface area contributed by atoms with Gasteiger partial charge < -0.3 is 10.0 Å². The molecule has 0 spiro atoms. The molecule has 2 amide bonds. The van der Waals surface area contributed by atoms with Crippen molar-refractivity contribution in [3.8, 4) is 0 Å². The number of anilines is 1. The van der Waals surface area contributed by atoms with E-state index in [-0.39, 0.29) is 12.6 Å². The first kappa shape index (κ1) is 15.4. The van der Waals surface area contributed by atoms with Crippen LogP contribution in [0.5, 0.6) is 0 Å². The number of likely N-dealkylation sites (tertiary alicyclic amines) is 1. The van der Waals surface area contributed by atoms with Gasteiger partial charge in [-0.3, -0.25) is 9.69 Å². The first-order valence-corrected chi connectivity index (χ1v) is 7.32. The van der Waals surface area contributed by atoms with Crippen molar-refractivity contribution in [2.45, 2.75) is 26.7 Å². The number of carbonyl (C=O) groups is 2. The fraction of sp³-hybridized carbons (Fsp3) is 0.500. The lowest BCUT2D eigenvalue weighted by Crippen LogP contribution is -2.49. The Morgan fingerprint density at radius 1 is 1.33 bits per heavy atom.